The van der Waals surface area contributed by atoms with Crippen LogP contribution < -0.4 is 4.74 Å². The van der Waals surface area contributed by atoms with Crippen LogP contribution in [0, 0.1) is 0 Å². The lowest BCUT2D eigenvalue weighted by Crippen LogP contribution is -2.05. The van der Waals surface area contributed by atoms with Crippen molar-refractivity contribution in [1.29, 1.82) is 0 Å². The monoisotopic (exact) mass is 298 g/mol. The van der Waals surface area contributed by atoms with Crippen LogP contribution in [0.4, 0.5) is 0 Å². The molecule has 0 amide bonds. The molecule has 0 aliphatic rings. The van der Waals surface area contributed by atoms with Gasteiger partial charge in [0.15, 0.2) is 10.3 Å². The highest BCUT2D eigenvalue weighted by molar-refractivity contribution is 6.33. The van der Waals surface area contributed by atoms with E-state index in [0.29, 0.717) is 24.5 Å². The molecule has 0 saturated heterocycles. The molecule has 0 unspecified atom stereocenters. The fourth-order valence-electron chi connectivity index (χ4n) is 1.59. The molecule has 2 aromatic rings. The topological polar surface area (TPSA) is 44.2 Å². The van der Waals surface area contributed by atoms with E-state index < -0.39 is 0 Å². The van der Waals surface area contributed by atoms with E-state index in [1.54, 1.807) is 13.2 Å². The Morgan fingerprint density at radius 2 is 1.84 bits per heavy atom. The molecule has 100 valence electrons. The Morgan fingerprint density at radius 1 is 1.05 bits per heavy atom. The maximum atomic E-state index is 6.05. The van der Waals surface area contributed by atoms with Gasteiger partial charge in [0.1, 0.15) is 12.4 Å². The van der Waals surface area contributed by atoms with E-state index in [1.165, 1.54) is 0 Å². The zero-order valence-electron chi connectivity index (χ0n) is 10.3. The molecule has 0 aliphatic carbocycles. The highest BCUT2D eigenvalue weighted by atomic mass is 35.5. The Kier molecular flexibility index (Phi) is 4.96. The van der Waals surface area contributed by atoms with Crippen LogP contribution in [0.3, 0.4) is 0 Å². The smallest absolute Gasteiger partial charge is 0.159 e. The van der Waals surface area contributed by atoms with Crippen molar-refractivity contribution in [1.82, 2.24) is 10.2 Å². The van der Waals surface area contributed by atoms with Crippen LogP contribution in [0.2, 0.25) is 10.3 Å². The molecule has 1 aromatic heterocycles. The van der Waals surface area contributed by atoms with Crippen molar-refractivity contribution in [3.05, 3.63) is 40.6 Å². The van der Waals surface area contributed by atoms with Gasteiger partial charge in [-0.3, -0.25) is 0 Å². The van der Waals surface area contributed by atoms with E-state index in [0.717, 1.165) is 5.56 Å². The second-order valence-electron chi connectivity index (χ2n) is 3.71. The molecular formula is C13H12Cl2N2O2. The van der Waals surface area contributed by atoms with E-state index in [4.69, 9.17) is 32.7 Å². The molecule has 0 aliphatic heterocycles. The number of aromatic nitrogens is 2. The molecule has 0 spiro atoms. The molecular weight excluding hydrogens is 287 g/mol. The van der Waals surface area contributed by atoms with E-state index in [-0.39, 0.29) is 10.3 Å². The molecule has 19 heavy (non-hydrogen) atoms. The van der Waals surface area contributed by atoms with Crippen LogP contribution in [0.5, 0.6) is 5.75 Å². The van der Waals surface area contributed by atoms with Crippen LogP contribution in [-0.4, -0.2) is 30.5 Å². The molecule has 6 heteroatoms. The van der Waals surface area contributed by atoms with Gasteiger partial charge < -0.3 is 9.47 Å². The summed E-state index contributed by atoms with van der Waals surface area (Å²) in [7, 11) is 1.62. The first kappa shape index (κ1) is 14.1. The summed E-state index contributed by atoms with van der Waals surface area (Å²) >= 11 is 11.9. The lowest BCUT2D eigenvalue weighted by atomic mass is 10.1. The maximum absolute atomic E-state index is 6.05. The Hall–Kier alpha value is -1.36. The number of hydrogen-bond acceptors (Lipinski definition) is 4. The summed E-state index contributed by atoms with van der Waals surface area (Å²) in [5.41, 5.74) is 1.51. The number of ether oxygens (including phenoxy) is 2. The van der Waals surface area contributed by atoms with E-state index in [9.17, 15) is 0 Å². The normalized spacial score (nSPS) is 10.5. The highest BCUT2D eigenvalue weighted by Gasteiger charge is 2.11. The lowest BCUT2D eigenvalue weighted by Gasteiger charge is -2.11. The van der Waals surface area contributed by atoms with Crippen molar-refractivity contribution >= 4 is 23.2 Å². The summed E-state index contributed by atoms with van der Waals surface area (Å²) in [4.78, 5) is 0. The Balaban J connectivity index is 2.35. The number of para-hydroxylation sites is 1. The maximum Gasteiger partial charge on any atom is 0.159 e. The number of methoxy groups -OCH3 is 1. The van der Waals surface area contributed by atoms with Crippen molar-refractivity contribution in [2.24, 2.45) is 0 Å². The second kappa shape index (κ2) is 6.70. The van der Waals surface area contributed by atoms with Crippen molar-refractivity contribution in [2.75, 3.05) is 20.3 Å². The Labute approximate surface area is 121 Å². The average Bonchev–Trinajstić information content (AvgIpc) is 2.42. The molecule has 0 radical (unpaired) electrons. The molecule has 0 fully saturated rings. The van der Waals surface area contributed by atoms with Crippen molar-refractivity contribution in [3.63, 3.8) is 0 Å². The summed E-state index contributed by atoms with van der Waals surface area (Å²) in [5, 5.41) is 8.06. The third-order valence-electron chi connectivity index (χ3n) is 2.44. The minimum absolute atomic E-state index is 0.283. The van der Waals surface area contributed by atoms with Crippen LogP contribution in [0.1, 0.15) is 0 Å². The quantitative estimate of drug-likeness (QED) is 0.793. The SMILES string of the molecule is COCCOc1ccccc1-c1cc(Cl)nnc1Cl. The third-order valence-corrected chi connectivity index (χ3v) is 2.91. The number of hydrogen-bond donors (Lipinski definition) is 0. The van der Waals surface area contributed by atoms with Gasteiger partial charge in [0.05, 0.1) is 6.61 Å². The number of benzene rings is 1. The number of nitrogens with zero attached hydrogens (tertiary/aromatic N) is 2. The average molecular weight is 299 g/mol. The molecule has 1 heterocycles. The minimum Gasteiger partial charge on any atom is -0.491 e. The van der Waals surface area contributed by atoms with Crippen molar-refractivity contribution in [3.8, 4) is 16.9 Å². The van der Waals surface area contributed by atoms with Crippen molar-refractivity contribution in [2.45, 2.75) is 0 Å². The standard InChI is InChI=1S/C13H12Cl2N2O2/c1-18-6-7-19-11-5-3-2-4-9(11)10-8-12(14)16-17-13(10)15/h2-5,8H,6-7H2,1H3. The first-order valence-electron chi connectivity index (χ1n) is 5.62. The molecule has 1 aromatic carbocycles. The summed E-state index contributed by atoms with van der Waals surface area (Å²) in [6, 6.07) is 9.19. The first-order chi connectivity index (χ1) is 9.22. The zero-order chi connectivity index (χ0) is 13.7. The third kappa shape index (κ3) is 3.56. The molecule has 0 N–H and O–H groups in total. The van der Waals surface area contributed by atoms with Gasteiger partial charge in [0, 0.05) is 18.2 Å². The summed E-state index contributed by atoms with van der Waals surface area (Å²) in [6.07, 6.45) is 0. The van der Waals surface area contributed by atoms with Gasteiger partial charge >= 0.3 is 0 Å². The van der Waals surface area contributed by atoms with Gasteiger partial charge in [-0.05, 0) is 12.1 Å². The van der Waals surface area contributed by atoms with E-state index >= 15 is 0 Å². The van der Waals surface area contributed by atoms with Gasteiger partial charge in [-0.1, -0.05) is 41.4 Å². The summed E-state index contributed by atoms with van der Waals surface area (Å²) in [5.74, 6) is 0.700. The second-order valence-corrected chi connectivity index (χ2v) is 4.45. The summed E-state index contributed by atoms with van der Waals surface area (Å²) < 4.78 is 10.6. The molecule has 0 atom stereocenters. The van der Waals surface area contributed by atoms with E-state index in [2.05, 4.69) is 10.2 Å². The fraction of sp³-hybridized carbons (Fsp3) is 0.231. The van der Waals surface area contributed by atoms with Gasteiger partial charge in [-0.25, -0.2) is 0 Å². The van der Waals surface area contributed by atoms with Crippen molar-refractivity contribution < 1.29 is 9.47 Å². The number of halogens is 2. The largest absolute Gasteiger partial charge is 0.491 e. The minimum atomic E-state index is 0.283. The van der Waals surface area contributed by atoms with Crippen LogP contribution in [0.15, 0.2) is 30.3 Å². The van der Waals surface area contributed by atoms with Crippen LogP contribution >= 0.6 is 23.2 Å². The van der Waals surface area contributed by atoms with Gasteiger partial charge in [0.2, 0.25) is 0 Å². The fourth-order valence-corrected chi connectivity index (χ4v) is 1.93. The predicted molar refractivity (Wildman–Crippen MR) is 74.9 cm³/mol. The van der Waals surface area contributed by atoms with Crippen LogP contribution in [-0.2, 0) is 4.74 Å². The Bertz CT molecular complexity index is 564. The first-order valence-corrected chi connectivity index (χ1v) is 6.38. The highest BCUT2D eigenvalue weighted by Crippen LogP contribution is 2.34. The molecule has 0 bridgehead atoms. The lowest BCUT2D eigenvalue weighted by molar-refractivity contribution is 0.146. The number of rotatable bonds is 5. The van der Waals surface area contributed by atoms with Gasteiger partial charge in [-0.2, -0.15) is 0 Å². The predicted octanol–water partition coefficient (Wildman–Crippen LogP) is 3.48. The molecule has 4 nitrogen and oxygen atoms in total. The Morgan fingerprint density at radius 3 is 2.63 bits per heavy atom. The van der Waals surface area contributed by atoms with Gasteiger partial charge in [0.25, 0.3) is 0 Å². The molecule has 0 saturated carbocycles. The molecule has 2 rings (SSSR count). The zero-order valence-corrected chi connectivity index (χ0v) is 11.8. The van der Waals surface area contributed by atoms with E-state index in [1.807, 2.05) is 24.3 Å². The van der Waals surface area contributed by atoms with Crippen LogP contribution in [0.25, 0.3) is 11.1 Å². The summed E-state index contributed by atoms with van der Waals surface area (Å²) in [6.45, 7) is 0.967. The van der Waals surface area contributed by atoms with Gasteiger partial charge in [-0.15, -0.1) is 10.2 Å².